The average Bonchev–Trinajstić information content (AvgIpc) is 2.73. The van der Waals surface area contributed by atoms with Crippen LogP contribution in [0.25, 0.3) is 0 Å². The molecule has 20 heavy (non-hydrogen) atoms. The number of aromatic nitrogens is 4. The fraction of sp³-hybridized carbons (Fsp3) is 0.385. The Hall–Kier alpha value is -2.44. The van der Waals surface area contributed by atoms with E-state index in [-0.39, 0.29) is 5.91 Å². The summed E-state index contributed by atoms with van der Waals surface area (Å²) >= 11 is 0. The summed E-state index contributed by atoms with van der Waals surface area (Å²) in [5.41, 5.74) is 5.98. The normalized spacial score (nSPS) is 10.5. The van der Waals surface area contributed by atoms with Gasteiger partial charge in [-0.05, 0) is 32.4 Å². The summed E-state index contributed by atoms with van der Waals surface area (Å²) in [5.74, 6) is 1.90. The fourth-order valence-electron chi connectivity index (χ4n) is 1.85. The van der Waals surface area contributed by atoms with Crippen molar-refractivity contribution in [3.05, 3.63) is 35.5 Å². The summed E-state index contributed by atoms with van der Waals surface area (Å²) < 4.78 is 1.84. The van der Waals surface area contributed by atoms with Gasteiger partial charge in [-0.2, -0.15) is 5.10 Å². The molecule has 106 valence electrons. The predicted octanol–water partition coefficient (Wildman–Crippen LogP) is 0.692. The Morgan fingerprint density at radius 3 is 2.80 bits per heavy atom. The second-order valence-corrected chi connectivity index (χ2v) is 4.51. The molecule has 2 aromatic rings. The van der Waals surface area contributed by atoms with Crippen molar-refractivity contribution in [2.24, 2.45) is 0 Å². The van der Waals surface area contributed by atoms with Crippen LogP contribution >= 0.6 is 0 Å². The maximum Gasteiger partial charge on any atom is 0.252 e. The zero-order valence-corrected chi connectivity index (χ0v) is 11.6. The summed E-state index contributed by atoms with van der Waals surface area (Å²) in [4.78, 5) is 19.9. The molecule has 2 heterocycles. The van der Waals surface area contributed by atoms with E-state index in [1.807, 2.05) is 18.5 Å². The van der Waals surface area contributed by atoms with Crippen LogP contribution in [-0.2, 0) is 6.54 Å². The molecule has 0 bridgehead atoms. The average molecular weight is 274 g/mol. The molecule has 1 amide bonds. The van der Waals surface area contributed by atoms with E-state index in [1.54, 1.807) is 12.1 Å². The Balaban J connectivity index is 1.77. The number of pyridine rings is 1. The van der Waals surface area contributed by atoms with Gasteiger partial charge in [-0.15, -0.1) is 0 Å². The number of nitrogens with zero attached hydrogens (tertiary/aromatic N) is 4. The monoisotopic (exact) mass is 274 g/mol. The van der Waals surface area contributed by atoms with E-state index < -0.39 is 0 Å². The van der Waals surface area contributed by atoms with Crippen molar-refractivity contribution in [1.82, 2.24) is 25.1 Å². The van der Waals surface area contributed by atoms with Gasteiger partial charge < -0.3 is 11.1 Å². The number of amides is 1. The Kier molecular flexibility index (Phi) is 4.29. The maximum absolute atomic E-state index is 11.8. The van der Waals surface area contributed by atoms with Gasteiger partial charge in [0.05, 0.1) is 5.56 Å². The highest BCUT2D eigenvalue weighted by molar-refractivity contribution is 5.93. The van der Waals surface area contributed by atoms with Crippen LogP contribution in [0.4, 0.5) is 5.82 Å². The molecule has 3 N–H and O–H groups in total. The van der Waals surface area contributed by atoms with Gasteiger partial charge in [0.15, 0.2) is 0 Å². The summed E-state index contributed by atoms with van der Waals surface area (Å²) in [6.07, 6.45) is 2.26. The standard InChI is InChI=1S/C13H18N6O/c1-9-17-10(2)19(18-9)7-3-6-15-13(20)11-4-5-12(14)16-8-11/h4-5,8H,3,6-7H2,1-2H3,(H2,14,16)(H,15,20). The first-order chi connectivity index (χ1) is 9.56. The zero-order chi connectivity index (χ0) is 14.5. The first-order valence-corrected chi connectivity index (χ1v) is 6.44. The van der Waals surface area contributed by atoms with Crippen molar-refractivity contribution in [3.63, 3.8) is 0 Å². The molecule has 0 aliphatic carbocycles. The van der Waals surface area contributed by atoms with Gasteiger partial charge in [0.2, 0.25) is 0 Å². The minimum Gasteiger partial charge on any atom is -0.384 e. The SMILES string of the molecule is Cc1nc(C)n(CCCNC(=O)c2ccc(N)nc2)n1. The summed E-state index contributed by atoms with van der Waals surface area (Å²) in [6.45, 7) is 5.08. The van der Waals surface area contributed by atoms with Crippen LogP contribution in [0, 0.1) is 13.8 Å². The van der Waals surface area contributed by atoms with E-state index in [4.69, 9.17) is 5.73 Å². The first-order valence-electron chi connectivity index (χ1n) is 6.44. The van der Waals surface area contributed by atoms with Crippen LogP contribution in [0.3, 0.4) is 0 Å². The molecule has 0 aromatic carbocycles. The minimum absolute atomic E-state index is 0.149. The van der Waals surface area contributed by atoms with Crippen molar-refractivity contribution in [2.45, 2.75) is 26.8 Å². The van der Waals surface area contributed by atoms with Crippen LogP contribution in [0.1, 0.15) is 28.4 Å². The Bertz CT molecular complexity index is 589. The lowest BCUT2D eigenvalue weighted by atomic mass is 10.2. The second kappa shape index (κ2) is 6.14. The zero-order valence-electron chi connectivity index (χ0n) is 11.6. The molecule has 2 rings (SSSR count). The highest BCUT2D eigenvalue weighted by Gasteiger charge is 2.06. The number of hydrogen-bond donors (Lipinski definition) is 2. The lowest BCUT2D eigenvalue weighted by Gasteiger charge is -2.06. The molecule has 0 aliphatic heterocycles. The number of carbonyl (C=O) groups excluding carboxylic acids is 1. The molecule has 0 radical (unpaired) electrons. The van der Waals surface area contributed by atoms with Gasteiger partial charge in [0, 0.05) is 19.3 Å². The quantitative estimate of drug-likeness (QED) is 0.782. The first kappa shape index (κ1) is 14.0. The van der Waals surface area contributed by atoms with Gasteiger partial charge in [-0.1, -0.05) is 0 Å². The largest absolute Gasteiger partial charge is 0.384 e. The van der Waals surface area contributed by atoms with Gasteiger partial charge in [0.25, 0.3) is 5.91 Å². The topological polar surface area (TPSA) is 98.7 Å². The maximum atomic E-state index is 11.8. The van der Waals surface area contributed by atoms with Crippen LogP contribution < -0.4 is 11.1 Å². The molecule has 0 saturated carbocycles. The molecule has 0 atom stereocenters. The molecule has 0 aliphatic rings. The Morgan fingerprint density at radius 2 is 2.20 bits per heavy atom. The smallest absolute Gasteiger partial charge is 0.252 e. The summed E-state index contributed by atoms with van der Waals surface area (Å²) in [5, 5.41) is 7.10. The molecule has 7 nitrogen and oxygen atoms in total. The molecular formula is C13H18N6O. The molecule has 0 spiro atoms. The number of hydrogen-bond acceptors (Lipinski definition) is 5. The van der Waals surface area contributed by atoms with Crippen LogP contribution in [0.2, 0.25) is 0 Å². The predicted molar refractivity (Wildman–Crippen MR) is 75.1 cm³/mol. The lowest BCUT2D eigenvalue weighted by molar-refractivity contribution is 0.0952. The van der Waals surface area contributed by atoms with Gasteiger partial charge in [-0.25, -0.2) is 9.97 Å². The number of nitrogens with one attached hydrogen (secondary N) is 1. The van der Waals surface area contributed by atoms with Crippen molar-refractivity contribution >= 4 is 11.7 Å². The fourth-order valence-corrected chi connectivity index (χ4v) is 1.85. The second-order valence-electron chi connectivity index (χ2n) is 4.51. The number of aryl methyl sites for hydroxylation is 3. The Labute approximate surface area is 117 Å². The molecule has 2 aromatic heterocycles. The summed E-state index contributed by atoms with van der Waals surface area (Å²) in [6, 6.07) is 3.26. The van der Waals surface area contributed by atoms with Gasteiger partial charge in [-0.3, -0.25) is 9.48 Å². The third kappa shape index (κ3) is 3.53. The molecule has 7 heteroatoms. The highest BCUT2D eigenvalue weighted by Crippen LogP contribution is 2.01. The van der Waals surface area contributed by atoms with E-state index in [9.17, 15) is 4.79 Å². The molecular weight excluding hydrogens is 256 g/mol. The summed E-state index contributed by atoms with van der Waals surface area (Å²) in [7, 11) is 0. The van der Waals surface area contributed by atoms with Crippen LogP contribution in [0.5, 0.6) is 0 Å². The van der Waals surface area contributed by atoms with Crippen molar-refractivity contribution in [2.75, 3.05) is 12.3 Å². The molecule has 0 fully saturated rings. The highest BCUT2D eigenvalue weighted by atomic mass is 16.1. The van der Waals surface area contributed by atoms with E-state index in [0.717, 1.165) is 24.6 Å². The number of rotatable bonds is 5. The Morgan fingerprint density at radius 1 is 1.40 bits per heavy atom. The van der Waals surface area contributed by atoms with E-state index in [0.29, 0.717) is 17.9 Å². The molecule has 0 saturated heterocycles. The van der Waals surface area contributed by atoms with Gasteiger partial charge in [0.1, 0.15) is 17.5 Å². The van der Waals surface area contributed by atoms with Gasteiger partial charge >= 0.3 is 0 Å². The number of nitrogens with two attached hydrogens (primary N) is 1. The van der Waals surface area contributed by atoms with Crippen LogP contribution in [0.15, 0.2) is 18.3 Å². The van der Waals surface area contributed by atoms with Crippen molar-refractivity contribution in [1.29, 1.82) is 0 Å². The van der Waals surface area contributed by atoms with E-state index >= 15 is 0 Å². The van der Waals surface area contributed by atoms with Crippen molar-refractivity contribution < 1.29 is 4.79 Å². The number of nitrogen functional groups attached to an aromatic ring is 1. The third-order valence-corrected chi connectivity index (χ3v) is 2.84. The number of anilines is 1. The van der Waals surface area contributed by atoms with Crippen LogP contribution in [-0.4, -0.2) is 32.2 Å². The number of carbonyl (C=O) groups is 1. The van der Waals surface area contributed by atoms with Crippen molar-refractivity contribution in [3.8, 4) is 0 Å². The van der Waals surface area contributed by atoms with E-state index in [2.05, 4.69) is 20.4 Å². The third-order valence-electron chi connectivity index (χ3n) is 2.84. The molecule has 0 unspecified atom stereocenters. The lowest BCUT2D eigenvalue weighted by Crippen LogP contribution is -2.25. The minimum atomic E-state index is -0.149. The van der Waals surface area contributed by atoms with E-state index in [1.165, 1.54) is 6.20 Å².